The molecule has 1 heterocycles. The van der Waals surface area contributed by atoms with Gasteiger partial charge in [-0.25, -0.2) is 0 Å². The number of anilines is 1. The number of carbonyl (C=O) groups is 1. The van der Waals surface area contributed by atoms with Gasteiger partial charge in [0.25, 0.3) is 5.91 Å². The van der Waals surface area contributed by atoms with Gasteiger partial charge in [-0.15, -0.1) is 0 Å². The molecule has 1 aromatic heterocycles. The standard InChI is InChI=1S/C10H7Br2N3O/c11-7-2-1-3-8(12)9(7)15-10(16)6-4-13-14-5-6/h1-5H,(H,13,14)(H,15,16). The molecule has 0 aliphatic carbocycles. The maximum Gasteiger partial charge on any atom is 0.258 e. The van der Waals surface area contributed by atoms with Crippen LogP contribution in [-0.2, 0) is 0 Å². The molecule has 0 aliphatic rings. The molecular weight excluding hydrogens is 338 g/mol. The number of nitrogens with one attached hydrogen (secondary N) is 2. The van der Waals surface area contributed by atoms with Crippen LogP contribution in [0.3, 0.4) is 0 Å². The fourth-order valence-corrected chi connectivity index (χ4v) is 2.37. The van der Waals surface area contributed by atoms with Crippen LogP contribution in [0.5, 0.6) is 0 Å². The fourth-order valence-electron chi connectivity index (χ4n) is 1.18. The lowest BCUT2D eigenvalue weighted by Gasteiger charge is -2.08. The van der Waals surface area contributed by atoms with Crippen molar-refractivity contribution in [2.45, 2.75) is 0 Å². The van der Waals surface area contributed by atoms with Crippen LogP contribution in [0, 0.1) is 0 Å². The van der Waals surface area contributed by atoms with E-state index in [1.54, 1.807) is 6.20 Å². The molecule has 4 nitrogen and oxygen atoms in total. The Morgan fingerprint density at radius 2 is 2.00 bits per heavy atom. The van der Waals surface area contributed by atoms with E-state index in [0.29, 0.717) is 11.3 Å². The zero-order valence-corrected chi connectivity index (χ0v) is 11.2. The molecule has 0 spiro atoms. The van der Waals surface area contributed by atoms with Gasteiger partial charge in [0.15, 0.2) is 0 Å². The number of carbonyl (C=O) groups excluding carboxylic acids is 1. The molecule has 0 atom stereocenters. The van der Waals surface area contributed by atoms with Gasteiger partial charge in [0.2, 0.25) is 0 Å². The van der Waals surface area contributed by atoms with E-state index in [0.717, 1.165) is 8.95 Å². The van der Waals surface area contributed by atoms with Gasteiger partial charge in [-0.2, -0.15) is 5.10 Å². The average Bonchev–Trinajstić information content (AvgIpc) is 2.76. The smallest absolute Gasteiger partial charge is 0.258 e. The number of rotatable bonds is 2. The van der Waals surface area contributed by atoms with E-state index in [4.69, 9.17) is 0 Å². The highest BCUT2D eigenvalue weighted by Gasteiger charge is 2.11. The molecule has 2 rings (SSSR count). The molecule has 6 heteroatoms. The molecular formula is C10H7Br2N3O. The molecule has 2 N–H and O–H groups in total. The predicted octanol–water partition coefficient (Wildman–Crippen LogP) is 3.19. The Bertz CT molecular complexity index is 491. The minimum absolute atomic E-state index is 0.207. The lowest BCUT2D eigenvalue weighted by molar-refractivity contribution is 0.102. The van der Waals surface area contributed by atoms with Gasteiger partial charge < -0.3 is 5.32 Å². The number of para-hydroxylation sites is 1. The van der Waals surface area contributed by atoms with Gasteiger partial charge in [-0.05, 0) is 44.0 Å². The average molecular weight is 345 g/mol. The molecule has 0 radical (unpaired) electrons. The van der Waals surface area contributed by atoms with Gasteiger partial charge in [-0.1, -0.05) is 6.07 Å². The number of aromatic amines is 1. The first-order chi connectivity index (χ1) is 7.68. The second-order valence-electron chi connectivity index (χ2n) is 3.04. The molecule has 0 saturated carbocycles. The highest BCUT2D eigenvalue weighted by atomic mass is 79.9. The molecule has 0 aliphatic heterocycles. The van der Waals surface area contributed by atoms with Gasteiger partial charge in [0.05, 0.1) is 17.4 Å². The summed E-state index contributed by atoms with van der Waals surface area (Å²) in [5.74, 6) is -0.207. The predicted molar refractivity (Wildman–Crippen MR) is 68.4 cm³/mol. The van der Waals surface area contributed by atoms with E-state index in [1.165, 1.54) is 6.20 Å². The van der Waals surface area contributed by atoms with Crippen molar-refractivity contribution < 1.29 is 4.79 Å². The summed E-state index contributed by atoms with van der Waals surface area (Å²) in [7, 11) is 0. The number of aromatic nitrogens is 2. The third-order valence-electron chi connectivity index (χ3n) is 1.96. The molecule has 2 aromatic rings. The van der Waals surface area contributed by atoms with E-state index in [-0.39, 0.29) is 5.91 Å². The monoisotopic (exact) mass is 343 g/mol. The lowest BCUT2D eigenvalue weighted by atomic mass is 10.3. The minimum atomic E-state index is -0.207. The minimum Gasteiger partial charge on any atom is -0.320 e. The van der Waals surface area contributed by atoms with E-state index in [1.807, 2.05) is 18.2 Å². The number of nitrogens with zero attached hydrogens (tertiary/aromatic N) is 1. The topological polar surface area (TPSA) is 57.8 Å². The van der Waals surface area contributed by atoms with Crippen molar-refractivity contribution in [2.24, 2.45) is 0 Å². The van der Waals surface area contributed by atoms with Crippen molar-refractivity contribution in [1.29, 1.82) is 0 Å². The van der Waals surface area contributed by atoms with Crippen LogP contribution in [-0.4, -0.2) is 16.1 Å². The maximum absolute atomic E-state index is 11.8. The normalized spacial score (nSPS) is 10.1. The van der Waals surface area contributed by atoms with Crippen molar-refractivity contribution in [2.75, 3.05) is 5.32 Å². The zero-order valence-electron chi connectivity index (χ0n) is 8.00. The van der Waals surface area contributed by atoms with E-state index in [2.05, 4.69) is 47.4 Å². The summed E-state index contributed by atoms with van der Waals surface area (Å²) in [5, 5.41) is 9.10. The molecule has 82 valence electrons. The molecule has 0 unspecified atom stereocenters. The molecule has 1 aromatic carbocycles. The molecule has 0 bridgehead atoms. The van der Waals surface area contributed by atoms with E-state index in [9.17, 15) is 4.79 Å². The van der Waals surface area contributed by atoms with Crippen LogP contribution >= 0.6 is 31.9 Å². The summed E-state index contributed by atoms with van der Waals surface area (Å²) in [4.78, 5) is 11.8. The summed E-state index contributed by atoms with van der Waals surface area (Å²) in [6.07, 6.45) is 3.01. The van der Waals surface area contributed by atoms with Crippen LogP contribution in [0.25, 0.3) is 0 Å². The van der Waals surface area contributed by atoms with Crippen molar-refractivity contribution in [3.8, 4) is 0 Å². The Hall–Kier alpha value is -1.14. The molecule has 1 amide bonds. The molecule has 16 heavy (non-hydrogen) atoms. The SMILES string of the molecule is O=C(Nc1c(Br)cccc1Br)c1cn[nH]c1. The Kier molecular flexibility index (Phi) is 3.40. The zero-order chi connectivity index (χ0) is 11.5. The third kappa shape index (κ3) is 2.33. The van der Waals surface area contributed by atoms with Crippen molar-refractivity contribution in [1.82, 2.24) is 10.2 Å². The Balaban J connectivity index is 2.25. The Morgan fingerprint density at radius 1 is 1.31 bits per heavy atom. The Morgan fingerprint density at radius 3 is 2.56 bits per heavy atom. The number of benzene rings is 1. The van der Waals surface area contributed by atoms with Gasteiger partial charge in [0, 0.05) is 15.1 Å². The largest absolute Gasteiger partial charge is 0.320 e. The Labute approximate surface area is 109 Å². The van der Waals surface area contributed by atoms with Crippen LogP contribution < -0.4 is 5.32 Å². The number of hydrogen-bond acceptors (Lipinski definition) is 2. The van der Waals surface area contributed by atoms with Crippen molar-refractivity contribution in [3.05, 3.63) is 45.1 Å². The maximum atomic E-state index is 11.8. The first-order valence-corrected chi connectivity index (χ1v) is 6.01. The highest BCUT2D eigenvalue weighted by molar-refractivity contribution is 9.11. The van der Waals surface area contributed by atoms with Gasteiger partial charge in [0.1, 0.15) is 0 Å². The summed E-state index contributed by atoms with van der Waals surface area (Å²) >= 11 is 6.74. The number of halogens is 2. The van der Waals surface area contributed by atoms with Crippen molar-refractivity contribution >= 4 is 43.5 Å². The lowest BCUT2D eigenvalue weighted by Crippen LogP contribution is -2.11. The van der Waals surface area contributed by atoms with Gasteiger partial charge in [-0.3, -0.25) is 9.89 Å². The van der Waals surface area contributed by atoms with Crippen molar-refractivity contribution in [3.63, 3.8) is 0 Å². The first kappa shape index (κ1) is 11.3. The van der Waals surface area contributed by atoms with Crippen LogP contribution in [0.1, 0.15) is 10.4 Å². The second kappa shape index (κ2) is 4.80. The number of hydrogen-bond donors (Lipinski definition) is 2. The fraction of sp³-hybridized carbons (Fsp3) is 0. The molecule has 0 saturated heterocycles. The van der Waals surface area contributed by atoms with Crippen LogP contribution in [0.2, 0.25) is 0 Å². The van der Waals surface area contributed by atoms with Crippen LogP contribution in [0.15, 0.2) is 39.5 Å². The van der Waals surface area contributed by atoms with Crippen LogP contribution in [0.4, 0.5) is 5.69 Å². The quantitative estimate of drug-likeness (QED) is 0.879. The summed E-state index contributed by atoms with van der Waals surface area (Å²) in [5.41, 5.74) is 1.19. The summed E-state index contributed by atoms with van der Waals surface area (Å²) in [6.45, 7) is 0. The number of H-pyrrole nitrogens is 1. The third-order valence-corrected chi connectivity index (χ3v) is 3.28. The molecule has 0 fully saturated rings. The highest BCUT2D eigenvalue weighted by Crippen LogP contribution is 2.30. The van der Waals surface area contributed by atoms with Gasteiger partial charge >= 0.3 is 0 Å². The first-order valence-electron chi connectivity index (χ1n) is 4.42. The van der Waals surface area contributed by atoms with E-state index < -0.39 is 0 Å². The van der Waals surface area contributed by atoms with E-state index >= 15 is 0 Å². The number of amides is 1. The summed E-state index contributed by atoms with van der Waals surface area (Å²) < 4.78 is 1.64. The second-order valence-corrected chi connectivity index (χ2v) is 4.75. The summed E-state index contributed by atoms with van der Waals surface area (Å²) in [6, 6.07) is 5.59.